The van der Waals surface area contributed by atoms with Gasteiger partial charge in [0.2, 0.25) is 0 Å². The van der Waals surface area contributed by atoms with E-state index in [1.165, 1.54) is 17.2 Å². The molecule has 38 heavy (non-hydrogen) atoms. The maximum Gasteiger partial charge on any atom is 0.433 e. The average molecular weight is 528 g/mol. The molecule has 7 nitrogen and oxygen atoms in total. The Hall–Kier alpha value is -3.40. The predicted octanol–water partition coefficient (Wildman–Crippen LogP) is 5.04. The van der Waals surface area contributed by atoms with Crippen molar-refractivity contribution in [1.82, 2.24) is 24.6 Å². The zero-order chi connectivity index (χ0) is 27.0. The van der Waals surface area contributed by atoms with Gasteiger partial charge in [-0.1, -0.05) is 6.07 Å². The number of rotatable bonds is 8. The molecular weight excluding hydrogens is 495 g/mol. The van der Waals surface area contributed by atoms with Crippen molar-refractivity contribution in [3.8, 4) is 5.75 Å². The number of likely N-dealkylation sites (tertiary alicyclic amines) is 2. The molecule has 0 N–H and O–H groups in total. The van der Waals surface area contributed by atoms with E-state index in [0.717, 1.165) is 49.5 Å². The summed E-state index contributed by atoms with van der Waals surface area (Å²) < 4.78 is 46.4. The Morgan fingerprint density at radius 1 is 1.13 bits per heavy atom. The van der Waals surface area contributed by atoms with Crippen LogP contribution in [-0.2, 0) is 12.7 Å². The summed E-state index contributed by atoms with van der Waals surface area (Å²) in [6.07, 6.45) is 1.95. The first-order valence-electron chi connectivity index (χ1n) is 12.9. The van der Waals surface area contributed by atoms with E-state index in [9.17, 15) is 18.0 Å². The Morgan fingerprint density at radius 3 is 2.58 bits per heavy atom. The van der Waals surface area contributed by atoms with E-state index >= 15 is 0 Å². The number of ether oxygens (including phenoxy) is 1. The molecule has 3 atom stereocenters. The van der Waals surface area contributed by atoms with Crippen LogP contribution in [-0.4, -0.2) is 62.3 Å². The minimum atomic E-state index is -4.52. The molecule has 2 bridgehead atoms. The zero-order valence-electron chi connectivity index (χ0n) is 21.8. The van der Waals surface area contributed by atoms with Crippen LogP contribution >= 0.6 is 0 Å². The van der Waals surface area contributed by atoms with Gasteiger partial charge < -0.3 is 9.64 Å². The van der Waals surface area contributed by atoms with Gasteiger partial charge in [0, 0.05) is 62.8 Å². The summed E-state index contributed by atoms with van der Waals surface area (Å²) in [4.78, 5) is 20.7. The van der Waals surface area contributed by atoms with Crippen LogP contribution in [0.4, 0.5) is 13.2 Å². The second kappa shape index (κ2) is 10.4. The van der Waals surface area contributed by atoms with Crippen molar-refractivity contribution in [3.05, 3.63) is 76.9 Å². The third-order valence-corrected chi connectivity index (χ3v) is 7.92. The standard InChI is InChI=1S/C28H32F3N5O2/c1-18-19(2)25(38-13-5-12-34-11-4-10-33-34)8-7-24(18)20(3)35-16-23-14-22(35)17-36(23)27(37)21-6-9-26(32-15-21)28(29,30)31/h4,6-11,15,20,22-23H,5,12-14,16-17H2,1-3H3/t20-,22-,23-/m0/s1. The highest BCUT2D eigenvalue weighted by molar-refractivity contribution is 5.94. The molecule has 0 saturated carbocycles. The summed E-state index contributed by atoms with van der Waals surface area (Å²) in [6, 6.07) is 8.60. The van der Waals surface area contributed by atoms with Crippen LogP contribution in [0.15, 0.2) is 48.9 Å². The van der Waals surface area contributed by atoms with E-state index in [0.29, 0.717) is 13.2 Å². The molecule has 5 rings (SSSR count). The molecule has 10 heteroatoms. The largest absolute Gasteiger partial charge is 0.493 e. The van der Waals surface area contributed by atoms with Gasteiger partial charge in [-0.3, -0.25) is 19.4 Å². The lowest BCUT2D eigenvalue weighted by molar-refractivity contribution is -0.141. The summed E-state index contributed by atoms with van der Waals surface area (Å²) >= 11 is 0. The summed E-state index contributed by atoms with van der Waals surface area (Å²) in [5, 5.41) is 4.21. The van der Waals surface area contributed by atoms with Gasteiger partial charge in [-0.2, -0.15) is 18.3 Å². The molecule has 3 aromatic rings. The lowest BCUT2D eigenvalue weighted by atomic mass is 9.96. The number of aromatic nitrogens is 3. The minimum Gasteiger partial charge on any atom is -0.493 e. The topological polar surface area (TPSA) is 63.5 Å². The predicted molar refractivity (Wildman–Crippen MR) is 136 cm³/mol. The number of hydrogen-bond acceptors (Lipinski definition) is 5. The molecule has 0 aliphatic carbocycles. The third-order valence-electron chi connectivity index (χ3n) is 7.92. The first-order valence-corrected chi connectivity index (χ1v) is 12.9. The van der Waals surface area contributed by atoms with Gasteiger partial charge in [0.25, 0.3) is 5.91 Å². The second-order valence-corrected chi connectivity index (χ2v) is 10.2. The minimum absolute atomic E-state index is 0.0380. The van der Waals surface area contributed by atoms with Crippen LogP contribution in [0.5, 0.6) is 5.75 Å². The summed E-state index contributed by atoms with van der Waals surface area (Å²) in [5.74, 6) is 0.635. The molecule has 202 valence electrons. The van der Waals surface area contributed by atoms with E-state index in [2.05, 4.69) is 41.8 Å². The molecule has 4 heterocycles. The van der Waals surface area contributed by atoms with Crippen molar-refractivity contribution in [3.63, 3.8) is 0 Å². The fourth-order valence-corrected chi connectivity index (χ4v) is 5.72. The molecule has 2 fully saturated rings. The molecule has 2 aliphatic rings. The molecule has 1 amide bonds. The Labute approximate surface area is 220 Å². The van der Waals surface area contributed by atoms with Gasteiger partial charge in [-0.25, -0.2) is 0 Å². The lowest BCUT2D eigenvalue weighted by Gasteiger charge is -2.38. The monoisotopic (exact) mass is 527 g/mol. The fraction of sp³-hybridized carbons (Fsp3) is 0.464. The van der Waals surface area contributed by atoms with Gasteiger partial charge >= 0.3 is 6.18 Å². The Bertz CT molecular complexity index is 1280. The number of piperazine rings is 1. The highest BCUT2D eigenvalue weighted by Crippen LogP contribution is 2.39. The van der Waals surface area contributed by atoms with E-state index in [4.69, 9.17) is 4.74 Å². The normalized spacial score (nSPS) is 20.2. The number of carbonyl (C=O) groups is 1. The summed E-state index contributed by atoms with van der Waals surface area (Å²) in [7, 11) is 0. The number of alkyl halides is 3. The number of pyridine rings is 1. The van der Waals surface area contributed by atoms with Gasteiger partial charge in [0.1, 0.15) is 11.4 Å². The zero-order valence-corrected chi connectivity index (χ0v) is 21.8. The molecule has 2 aromatic heterocycles. The fourth-order valence-electron chi connectivity index (χ4n) is 5.72. The van der Waals surface area contributed by atoms with E-state index in [1.807, 2.05) is 23.0 Å². The van der Waals surface area contributed by atoms with Gasteiger partial charge in [-0.15, -0.1) is 0 Å². The number of fused-ring (bicyclic) bond motifs is 2. The second-order valence-electron chi connectivity index (χ2n) is 10.2. The number of halogens is 3. The van der Waals surface area contributed by atoms with E-state index in [1.54, 1.807) is 11.1 Å². The maximum atomic E-state index is 13.0. The number of nitrogens with zero attached hydrogens (tertiary/aromatic N) is 5. The average Bonchev–Trinajstić information content (AvgIpc) is 3.66. The Morgan fingerprint density at radius 2 is 1.95 bits per heavy atom. The third kappa shape index (κ3) is 5.14. The van der Waals surface area contributed by atoms with Crippen LogP contribution in [0, 0.1) is 13.8 Å². The highest BCUT2D eigenvalue weighted by atomic mass is 19.4. The van der Waals surface area contributed by atoms with Crippen LogP contribution in [0.1, 0.15) is 58.5 Å². The Kier molecular flexibility index (Phi) is 7.17. The SMILES string of the molecule is Cc1c(OCCCn2cccn2)ccc([C@H](C)N2C[C@@H]3C[C@H]2CN3C(=O)c2ccc(C(F)(F)F)nc2)c1C. The molecule has 0 unspecified atom stereocenters. The van der Waals surface area contributed by atoms with Gasteiger partial charge in [-0.05, 0) is 68.1 Å². The number of amides is 1. The van der Waals surface area contributed by atoms with Crippen molar-refractivity contribution in [2.24, 2.45) is 0 Å². The van der Waals surface area contributed by atoms with Crippen LogP contribution in [0.3, 0.4) is 0 Å². The van der Waals surface area contributed by atoms with E-state index < -0.39 is 11.9 Å². The highest BCUT2D eigenvalue weighted by Gasteiger charge is 2.47. The van der Waals surface area contributed by atoms with Crippen molar-refractivity contribution >= 4 is 5.91 Å². The van der Waals surface area contributed by atoms with Crippen LogP contribution in [0.2, 0.25) is 0 Å². The van der Waals surface area contributed by atoms with Crippen LogP contribution in [0.25, 0.3) is 0 Å². The first kappa shape index (κ1) is 26.2. The number of aryl methyl sites for hydroxylation is 1. The van der Waals surface area contributed by atoms with Crippen LogP contribution < -0.4 is 4.74 Å². The van der Waals surface area contributed by atoms with Crippen molar-refractivity contribution in [2.75, 3.05) is 19.7 Å². The molecule has 0 spiro atoms. The quantitative estimate of drug-likeness (QED) is 0.384. The van der Waals surface area contributed by atoms with Crippen molar-refractivity contribution < 1.29 is 22.7 Å². The molecule has 2 aliphatic heterocycles. The number of benzene rings is 1. The number of carbonyl (C=O) groups excluding carboxylic acids is 1. The first-order chi connectivity index (χ1) is 18.1. The van der Waals surface area contributed by atoms with Crippen molar-refractivity contribution in [2.45, 2.75) is 64.5 Å². The van der Waals surface area contributed by atoms with Gasteiger partial charge in [0.15, 0.2) is 0 Å². The molecular formula is C28H32F3N5O2. The maximum absolute atomic E-state index is 13.0. The summed E-state index contributed by atoms with van der Waals surface area (Å²) in [6.45, 7) is 9.12. The van der Waals surface area contributed by atoms with Crippen molar-refractivity contribution in [1.29, 1.82) is 0 Å². The molecule has 0 radical (unpaired) electrons. The lowest BCUT2D eigenvalue weighted by Crippen LogP contribution is -2.49. The number of hydrogen-bond donors (Lipinski definition) is 0. The smallest absolute Gasteiger partial charge is 0.433 e. The molecule has 1 aromatic carbocycles. The summed E-state index contributed by atoms with van der Waals surface area (Å²) in [5.41, 5.74) is 2.77. The Balaban J connectivity index is 1.19. The van der Waals surface area contributed by atoms with E-state index in [-0.39, 0.29) is 29.6 Å². The molecule has 2 saturated heterocycles. The van der Waals surface area contributed by atoms with Gasteiger partial charge in [0.05, 0.1) is 12.2 Å².